The molecule has 2 aromatic rings. The summed E-state index contributed by atoms with van der Waals surface area (Å²) in [5, 5.41) is 7.72. The molecule has 0 saturated heterocycles. The molecule has 1 aromatic carbocycles. The van der Waals surface area contributed by atoms with Crippen molar-refractivity contribution in [1.82, 2.24) is 5.43 Å². The van der Waals surface area contributed by atoms with Crippen LogP contribution in [0.5, 0.6) is 5.75 Å². The Bertz CT molecular complexity index is 553. The maximum Gasteiger partial charge on any atom is 0.277 e. The van der Waals surface area contributed by atoms with Gasteiger partial charge in [0.2, 0.25) is 0 Å². The van der Waals surface area contributed by atoms with Gasteiger partial charge in [-0.2, -0.15) is 16.4 Å². The van der Waals surface area contributed by atoms with E-state index in [1.807, 2.05) is 29.0 Å². The van der Waals surface area contributed by atoms with Crippen molar-refractivity contribution in [3.05, 3.63) is 51.1 Å². The molecule has 0 aliphatic rings. The summed E-state index contributed by atoms with van der Waals surface area (Å²) in [7, 11) is 0. The zero-order valence-electron chi connectivity index (χ0n) is 9.88. The number of thiophene rings is 1. The van der Waals surface area contributed by atoms with Crippen molar-refractivity contribution in [2.75, 3.05) is 6.61 Å². The van der Waals surface area contributed by atoms with E-state index in [-0.39, 0.29) is 12.5 Å². The molecule has 19 heavy (non-hydrogen) atoms. The SMILES string of the molecule is O=C(COc1ccc(Br)cc1)N/N=C\c1ccsc1. The summed E-state index contributed by atoms with van der Waals surface area (Å²) < 4.78 is 6.27. The van der Waals surface area contributed by atoms with Gasteiger partial charge in [0.25, 0.3) is 5.91 Å². The maximum absolute atomic E-state index is 11.5. The highest BCUT2D eigenvalue weighted by Crippen LogP contribution is 2.15. The average Bonchev–Trinajstić information content (AvgIpc) is 2.91. The number of carbonyl (C=O) groups is 1. The maximum atomic E-state index is 11.5. The molecule has 0 fully saturated rings. The molecule has 1 aromatic heterocycles. The standard InChI is InChI=1S/C13H11BrN2O2S/c14-11-1-3-12(4-2-11)18-8-13(17)16-15-7-10-5-6-19-9-10/h1-7,9H,8H2,(H,16,17)/b15-7-. The van der Waals surface area contributed by atoms with Gasteiger partial charge in [-0.05, 0) is 41.1 Å². The minimum absolute atomic E-state index is 0.0669. The fraction of sp³-hybridized carbons (Fsp3) is 0.0769. The highest BCUT2D eigenvalue weighted by Gasteiger charge is 2.01. The van der Waals surface area contributed by atoms with Gasteiger partial charge in [0, 0.05) is 10.0 Å². The van der Waals surface area contributed by atoms with Crippen LogP contribution in [0.2, 0.25) is 0 Å². The lowest BCUT2D eigenvalue weighted by molar-refractivity contribution is -0.123. The number of rotatable bonds is 5. The number of hydrogen-bond donors (Lipinski definition) is 1. The predicted octanol–water partition coefficient (Wildman–Crippen LogP) is 3.04. The smallest absolute Gasteiger partial charge is 0.277 e. The monoisotopic (exact) mass is 338 g/mol. The minimum Gasteiger partial charge on any atom is -0.484 e. The second-order valence-electron chi connectivity index (χ2n) is 3.59. The van der Waals surface area contributed by atoms with Crippen LogP contribution in [0.25, 0.3) is 0 Å². The van der Waals surface area contributed by atoms with E-state index in [1.54, 1.807) is 29.7 Å². The van der Waals surface area contributed by atoms with E-state index < -0.39 is 0 Å². The van der Waals surface area contributed by atoms with E-state index in [0.717, 1.165) is 10.0 Å². The van der Waals surface area contributed by atoms with Gasteiger partial charge in [0.05, 0.1) is 6.21 Å². The third kappa shape index (κ3) is 4.84. The van der Waals surface area contributed by atoms with E-state index in [0.29, 0.717) is 5.75 Å². The first kappa shape index (κ1) is 13.8. The van der Waals surface area contributed by atoms with E-state index in [9.17, 15) is 4.79 Å². The first-order chi connectivity index (χ1) is 9.24. The molecule has 1 N–H and O–H groups in total. The van der Waals surface area contributed by atoms with Crippen LogP contribution in [0.3, 0.4) is 0 Å². The Hall–Kier alpha value is -1.66. The van der Waals surface area contributed by atoms with Gasteiger partial charge in [-0.25, -0.2) is 5.43 Å². The zero-order chi connectivity index (χ0) is 13.5. The number of ether oxygens (including phenoxy) is 1. The Labute approximate surface area is 123 Å². The molecule has 0 spiro atoms. The third-order valence-electron chi connectivity index (χ3n) is 2.13. The van der Waals surface area contributed by atoms with Crippen LogP contribution < -0.4 is 10.2 Å². The van der Waals surface area contributed by atoms with Crippen molar-refractivity contribution in [1.29, 1.82) is 0 Å². The fourth-order valence-electron chi connectivity index (χ4n) is 1.24. The van der Waals surface area contributed by atoms with Gasteiger partial charge in [0.1, 0.15) is 5.75 Å². The fourth-order valence-corrected chi connectivity index (χ4v) is 2.11. The highest BCUT2D eigenvalue weighted by atomic mass is 79.9. The number of carbonyl (C=O) groups excluding carboxylic acids is 1. The molecule has 4 nitrogen and oxygen atoms in total. The van der Waals surface area contributed by atoms with Gasteiger partial charge in [0.15, 0.2) is 6.61 Å². The Morgan fingerprint density at radius 2 is 2.16 bits per heavy atom. The Kier molecular flexibility index (Phi) is 5.11. The van der Waals surface area contributed by atoms with Crippen LogP contribution >= 0.6 is 27.3 Å². The average molecular weight is 339 g/mol. The number of hydrogen-bond acceptors (Lipinski definition) is 4. The summed E-state index contributed by atoms with van der Waals surface area (Å²) in [5.41, 5.74) is 3.36. The van der Waals surface area contributed by atoms with Crippen molar-refractivity contribution in [2.24, 2.45) is 5.10 Å². The molecule has 0 bridgehead atoms. The lowest BCUT2D eigenvalue weighted by Gasteiger charge is -2.04. The zero-order valence-corrected chi connectivity index (χ0v) is 12.3. The van der Waals surface area contributed by atoms with Crippen molar-refractivity contribution in [3.63, 3.8) is 0 Å². The molecular weight excluding hydrogens is 328 g/mol. The molecular formula is C13H11BrN2O2S. The molecule has 0 aliphatic carbocycles. The molecule has 0 atom stereocenters. The minimum atomic E-state index is -0.297. The van der Waals surface area contributed by atoms with Crippen LogP contribution in [-0.4, -0.2) is 18.7 Å². The van der Waals surface area contributed by atoms with E-state index in [4.69, 9.17) is 4.74 Å². The molecule has 0 radical (unpaired) electrons. The first-order valence-electron chi connectivity index (χ1n) is 5.46. The Morgan fingerprint density at radius 3 is 2.84 bits per heavy atom. The van der Waals surface area contributed by atoms with E-state index >= 15 is 0 Å². The molecule has 0 saturated carbocycles. The van der Waals surface area contributed by atoms with Crippen LogP contribution in [0, 0.1) is 0 Å². The van der Waals surface area contributed by atoms with E-state index in [1.165, 1.54) is 0 Å². The van der Waals surface area contributed by atoms with Gasteiger partial charge in [-0.15, -0.1) is 0 Å². The van der Waals surface area contributed by atoms with Crippen molar-refractivity contribution < 1.29 is 9.53 Å². The summed E-state index contributed by atoms with van der Waals surface area (Å²) in [6, 6.07) is 9.18. The molecule has 0 unspecified atom stereocenters. The van der Waals surface area contributed by atoms with Crippen LogP contribution in [0.15, 0.2) is 50.7 Å². The summed E-state index contributed by atoms with van der Waals surface area (Å²) in [4.78, 5) is 11.5. The molecule has 6 heteroatoms. The van der Waals surface area contributed by atoms with Crippen LogP contribution in [0.4, 0.5) is 0 Å². The number of halogens is 1. The lowest BCUT2D eigenvalue weighted by atomic mass is 10.3. The topological polar surface area (TPSA) is 50.7 Å². The number of benzene rings is 1. The Balaban J connectivity index is 1.74. The van der Waals surface area contributed by atoms with Gasteiger partial charge >= 0.3 is 0 Å². The van der Waals surface area contributed by atoms with Crippen molar-refractivity contribution in [3.8, 4) is 5.75 Å². The highest BCUT2D eigenvalue weighted by molar-refractivity contribution is 9.10. The number of hydrazone groups is 1. The number of nitrogens with zero attached hydrogens (tertiary/aromatic N) is 1. The largest absolute Gasteiger partial charge is 0.484 e. The molecule has 0 aliphatic heterocycles. The summed E-state index contributed by atoms with van der Waals surface area (Å²) in [6.07, 6.45) is 1.59. The summed E-state index contributed by atoms with van der Waals surface area (Å²) in [5.74, 6) is 0.342. The van der Waals surface area contributed by atoms with Crippen LogP contribution in [-0.2, 0) is 4.79 Å². The predicted molar refractivity (Wildman–Crippen MR) is 79.7 cm³/mol. The quantitative estimate of drug-likeness (QED) is 0.672. The molecule has 1 amide bonds. The first-order valence-corrected chi connectivity index (χ1v) is 7.20. The summed E-state index contributed by atoms with van der Waals surface area (Å²) in [6.45, 7) is -0.0669. The molecule has 2 rings (SSSR count). The summed E-state index contributed by atoms with van der Waals surface area (Å²) >= 11 is 4.90. The van der Waals surface area contributed by atoms with Gasteiger partial charge in [-0.3, -0.25) is 4.79 Å². The van der Waals surface area contributed by atoms with Crippen molar-refractivity contribution >= 4 is 39.4 Å². The second-order valence-corrected chi connectivity index (χ2v) is 5.29. The van der Waals surface area contributed by atoms with Gasteiger partial charge < -0.3 is 4.74 Å². The third-order valence-corrected chi connectivity index (χ3v) is 3.36. The number of nitrogens with one attached hydrogen (secondary N) is 1. The lowest BCUT2D eigenvalue weighted by Crippen LogP contribution is -2.24. The Morgan fingerprint density at radius 1 is 1.37 bits per heavy atom. The van der Waals surface area contributed by atoms with Crippen molar-refractivity contribution in [2.45, 2.75) is 0 Å². The molecule has 1 heterocycles. The second kappa shape index (κ2) is 7.06. The van der Waals surface area contributed by atoms with Gasteiger partial charge in [-0.1, -0.05) is 15.9 Å². The molecule has 98 valence electrons. The number of amides is 1. The normalized spacial score (nSPS) is 10.6. The van der Waals surface area contributed by atoms with Crippen LogP contribution in [0.1, 0.15) is 5.56 Å². The van der Waals surface area contributed by atoms with E-state index in [2.05, 4.69) is 26.5 Å².